The van der Waals surface area contributed by atoms with E-state index in [2.05, 4.69) is 11.8 Å². The van der Waals surface area contributed by atoms with Crippen molar-refractivity contribution in [1.82, 2.24) is 0 Å². The summed E-state index contributed by atoms with van der Waals surface area (Å²) in [5, 5.41) is 0.992. The fourth-order valence-electron chi connectivity index (χ4n) is 4.35. The third-order valence-electron chi connectivity index (χ3n) is 4.57. The van der Waals surface area contributed by atoms with Crippen molar-refractivity contribution >= 4 is 11.8 Å². The number of thioether (sulfide) groups is 1. The molecule has 4 fully saturated rings. The fourth-order valence-corrected chi connectivity index (χ4v) is 5.75. The van der Waals surface area contributed by atoms with Gasteiger partial charge in [0.1, 0.15) is 0 Å². The van der Waals surface area contributed by atoms with Crippen LogP contribution >= 0.6 is 11.8 Å². The predicted molar refractivity (Wildman–Crippen MR) is 62.3 cm³/mol. The van der Waals surface area contributed by atoms with E-state index in [0.29, 0.717) is 0 Å². The van der Waals surface area contributed by atoms with Crippen LogP contribution in [-0.2, 0) is 0 Å². The Bertz CT molecular complexity index is 188. The van der Waals surface area contributed by atoms with Crippen LogP contribution in [0.3, 0.4) is 0 Å². The monoisotopic (exact) mass is 211 g/mol. The largest absolute Gasteiger partial charge is 0.330 e. The normalized spacial score (nSPS) is 49.9. The Hall–Kier alpha value is 0.310. The minimum absolute atomic E-state index is 0.869. The lowest BCUT2D eigenvalue weighted by molar-refractivity contribution is 0.0267. The smallest absolute Gasteiger partial charge is 0.0104 e. The molecule has 4 rings (SSSR count). The molecule has 0 amide bonds. The molecule has 0 spiro atoms. The minimum Gasteiger partial charge on any atom is -0.330 e. The predicted octanol–water partition coefficient (Wildman–Crippen LogP) is 2.50. The van der Waals surface area contributed by atoms with Crippen molar-refractivity contribution < 1.29 is 0 Å². The molecule has 4 saturated carbocycles. The molecular formula is C12H21NS. The first kappa shape index (κ1) is 9.53. The van der Waals surface area contributed by atoms with Crippen molar-refractivity contribution in [2.45, 2.75) is 37.4 Å². The molecule has 0 aromatic rings. The molecule has 0 heterocycles. The summed E-state index contributed by atoms with van der Waals surface area (Å²) in [5.74, 6) is 5.57. The van der Waals surface area contributed by atoms with Gasteiger partial charge >= 0.3 is 0 Å². The van der Waals surface area contributed by atoms with Crippen molar-refractivity contribution in [3.63, 3.8) is 0 Å². The first-order valence-electron chi connectivity index (χ1n) is 6.18. The zero-order valence-corrected chi connectivity index (χ0v) is 9.64. The van der Waals surface area contributed by atoms with Crippen LogP contribution < -0.4 is 5.73 Å². The van der Waals surface area contributed by atoms with E-state index in [1.165, 1.54) is 5.75 Å². The standard InChI is InChI=1S/C12H21NS/c13-1-2-14-12-10-4-8-3-9(6-10)7-11(12)5-8/h8-12H,1-7,13H2. The summed E-state index contributed by atoms with van der Waals surface area (Å²) in [4.78, 5) is 0. The molecule has 0 unspecified atom stereocenters. The SMILES string of the molecule is NCCSC1C2CC3CC(C2)CC1C3. The van der Waals surface area contributed by atoms with Gasteiger partial charge in [-0.25, -0.2) is 0 Å². The molecule has 2 N–H and O–H groups in total. The van der Waals surface area contributed by atoms with Gasteiger partial charge in [0.2, 0.25) is 0 Å². The molecule has 4 bridgehead atoms. The summed E-state index contributed by atoms with van der Waals surface area (Å²) in [6.07, 6.45) is 7.77. The van der Waals surface area contributed by atoms with Crippen LogP contribution in [0.2, 0.25) is 0 Å². The van der Waals surface area contributed by atoms with Crippen LogP contribution in [0, 0.1) is 23.7 Å². The van der Waals surface area contributed by atoms with Crippen LogP contribution in [0.15, 0.2) is 0 Å². The Morgan fingerprint density at radius 1 is 0.929 bits per heavy atom. The van der Waals surface area contributed by atoms with Gasteiger partial charge in [0.25, 0.3) is 0 Å². The Kier molecular flexibility index (Phi) is 2.53. The Morgan fingerprint density at radius 2 is 1.50 bits per heavy atom. The summed E-state index contributed by atoms with van der Waals surface area (Å²) < 4.78 is 0. The highest BCUT2D eigenvalue weighted by Crippen LogP contribution is 2.56. The molecule has 0 radical (unpaired) electrons. The molecule has 0 aromatic heterocycles. The van der Waals surface area contributed by atoms with E-state index in [9.17, 15) is 0 Å². The Balaban J connectivity index is 1.69. The zero-order valence-electron chi connectivity index (χ0n) is 8.82. The van der Waals surface area contributed by atoms with Crippen molar-refractivity contribution in [3.05, 3.63) is 0 Å². The van der Waals surface area contributed by atoms with E-state index in [0.717, 1.165) is 35.5 Å². The summed E-state index contributed by atoms with van der Waals surface area (Å²) in [5.41, 5.74) is 5.61. The lowest BCUT2D eigenvalue weighted by Gasteiger charge is -2.54. The topological polar surface area (TPSA) is 26.0 Å². The maximum absolute atomic E-state index is 5.61. The van der Waals surface area contributed by atoms with Gasteiger partial charge in [-0.15, -0.1) is 0 Å². The number of hydrogen-bond acceptors (Lipinski definition) is 2. The van der Waals surface area contributed by atoms with Gasteiger partial charge in [0, 0.05) is 17.5 Å². The van der Waals surface area contributed by atoms with Gasteiger partial charge in [-0.1, -0.05) is 0 Å². The minimum atomic E-state index is 0.869. The maximum Gasteiger partial charge on any atom is 0.0104 e. The lowest BCUT2D eigenvalue weighted by Crippen LogP contribution is -2.47. The molecule has 0 aliphatic heterocycles. The van der Waals surface area contributed by atoms with Gasteiger partial charge in [-0.05, 0) is 55.8 Å². The Labute approximate surface area is 91.2 Å². The van der Waals surface area contributed by atoms with Crippen LogP contribution in [-0.4, -0.2) is 17.5 Å². The van der Waals surface area contributed by atoms with Crippen molar-refractivity contribution in [1.29, 1.82) is 0 Å². The number of rotatable bonds is 3. The molecule has 14 heavy (non-hydrogen) atoms. The van der Waals surface area contributed by atoms with Crippen molar-refractivity contribution in [2.75, 3.05) is 12.3 Å². The van der Waals surface area contributed by atoms with E-state index < -0.39 is 0 Å². The second-order valence-corrected chi connectivity index (χ2v) is 6.84. The highest BCUT2D eigenvalue weighted by atomic mass is 32.2. The molecule has 4 aliphatic carbocycles. The summed E-state index contributed by atoms with van der Waals surface area (Å²) in [7, 11) is 0. The highest BCUT2D eigenvalue weighted by molar-refractivity contribution is 7.99. The number of hydrogen-bond donors (Lipinski definition) is 1. The summed E-state index contributed by atoms with van der Waals surface area (Å²) in [6, 6.07) is 0. The van der Waals surface area contributed by atoms with E-state index in [1.807, 2.05) is 0 Å². The molecular weight excluding hydrogens is 190 g/mol. The molecule has 80 valence electrons. The Morgan fingerprint density at radius 3 is 2.00 bits per heavy atom. The van der Waals surface area contributed by atoms with Gasteiger partial charge in [0.05, 0.1) is 0 Å². The lowest BCUT2D eigenvalue weighted by atomic mass is 9.56. The maximum atomic E-state index is 5.61. The van der Waals surface area contributed by atoms with Gasteiger partial charge < -0.3 is 5.73 Å². The summed E-state index contributed by atoms with van der Waals surface area (Å²) >= 11 is 2.19. The second kappa shape index (κ2) is 3.71. The second-order valence-electron chi connectivity index (χ2n) is 5.55. The van der Waals surface area contributed by atoms with Crippen LogP contribution in [0.4, 0.5) is 0 Å². The van der Waals surface area contributed by atoms with E-state index in [1.54, 1.807) is 32.1 Å². The van der Waals surface area contributed by atoms with Gasteiger partial charge in [-0.3, -0.25) is 0 Å². The van der Waals surface area contributed by atoms with E-state index in [-0.39, 0.29) is 0 Å². The average Bonchev–Trinajstić information content (AvgIpc) is 2.15. The molecule has 0 aromatic carbocycles. The van der Waals surface area contributed by atoms with Crippen molar-refractivity contribution in [2.24, 2.45) is 29.4 Å². The third kappa shape index (κ3) is 1.51. The van der Waals surface area contributed by atoms with Gasteiger partial charge in [0.15, 0.2) is 0 Å². The van der Waals surface area contributed by atoms with Crippen molar-refractivity contribution in [3.8, 4) is 0 Å². The van der Waals surface area contributed by atoms with E-state index >= 15 is 0 Å². The fraction of sp³-hybridized carbons (Fsp3) is 1.00. The van der Waals surface area contributed by atoms with Crippen LogP contribution in [0.1, 0.15) is 32.1 Å². The number of nitrogens with two attached hydrogens (primary N) is 1. The zero-order chi connectivity index (χ0) is 9.54. The molecule has 0 atom stereocenters. The molecule has 2 heteroatoms. The van der Waals surface area contributed by atoms with Gasteiger partial charge in [-0.2, -0.15) is 11.8 Å². The molecule has 1 nitrogen and oxygen atoms in total. The molecule has 4 aliphatic rings. The third-order valence-corrected chi connectivity index (χ3v) is 6.19. The van der Waals surface area contributed by atoms with Crippen LogP contribution in [0.25, 0.3) is 0 Å². The first-order valence-corrected chi connectivity index (χ1v) is 7.23. The summed E-state index contributed by atoms with van der Waals surface area (Å²) in [6.45, 7) is 0.869. The quantitative estimate of drug-likeness (QED) is 0.776. The highest BCUT2D eigenvalue weighted by Gasteiger charge is 2.47. The molecule has 0 saturated heterocycles. The first-order chi connectivity index (χ1) is 6.86. The van der Waals surface area contributed by atoms with Crippen LogP contribution in [0.5, 0.6) is 0 Å². The average molecular weight is 211 g/mol. The van der Waals surface area contributed by atoms with E-state index in [4.69, 9.17) is 5.73 Å².